The van der Waals surface area contributed by atoms with Gasteiger partial charge in [-0.25, -0.2) is 4.99 Å². The van der Waals surface area contributed by atoms with Crippen LogP contribution in [0.3, 0.4) is 0 Å². The van der Waals surface area contributed by atoms with Gasteiger partial charge in [-0.05, 0) is 26.3 Å². The first-order valence-electron chi connectivity index (χ1n) is 8.11. The number of aliphatic hydroxyl groups is 1. The molecule has 7 heteroatoms. The van der Waals surface area contributed by atoms with E-state index >= 15 is 0 Å². The Balaban J connectivity index is 1.90. The number of likely N-dealkylation sites (N-methyl/N-ethyl adjacent to an activating group) is 1. The van der Waals surface area contributed by atoms with Crippen molar-refractivity contribution < 1.29 is 14.6 Å². The van der Waals surface area contributed by atoms with Crippen molar-refractivity contribution in [3.63, 3.8) is 0 Å². The number of nitrogens with one attached hydrogen (secondary N) is 1. The topological polar surface area (TPSA) is 100 Å². The highest BCUT2D eigenvalue weighted by atomic mass is 16.5. The van der Waals surface area contributed by atoms with Crippen molar-refractivity contribution in [3.8, 4) is 5.75 Å². The van der Waals surface area contributed by atoms with E-state index in [0.29, 0.717) is 30.1 Å². The maximum Gasteiger partial charge on any atom is 0.271 e. The van der Waals surface area contributed by atoms with Crippen LogP contribution < -0.4 is 20.7 Å². The number of hydrogen-bond donors (Lipinski definition) is 3. The second-order valence-corrected chi connectivity index (χ2v) is 7.06. The van der Waals surface area contributed by atoms with Crippen molar-refractivity contribution in [1.29, 1.82) is 0 Å². The van der Waals surface area contributed by atoms with Crippen LogP contribution in [0.5, 0.6) is 5.75 Å². The Morgan fingerprint density at radius 1 is 1.50 bits per heavy atom. The second kappa shape index (κ2) is 5.66. The van der Waals surface area contributed by atoms with Gasteiger partial charge in [-0.2, -0.15) is 0 Å². The monoisotopic (exact) mass is 332 g/mol. The van der Waals surface area contributed by atoms with Crippen LogP contribution in [0.25, 0.3) is 0 Å². The lowest BCUT2D eigenvalue weighted by Gasteiger charge is -2.33. The minimum atomic E-state index is -0.750. The highest BCUT2D eigenvalue weighted by Crippen LogP contribution is 2.51. The molecule has 1 saturated carbocycles. The van der Waals surface area contributed by atoms with E-state index in [2.05, 4.69) is 10.3 Å². The van der Waals surface area contributed by atoms with Gasteiger partial charge >= 0.3 is 0 Å². The van der Waals surface area contributed by atoms with Crippen molar-refractivity contribution >= 4 is 29.3 Å². The number of nitrogens with zero attached hydrogens (tertiary/aromatic N) is 2. The number of carbonyl (C=O) groups excluding carboxylic acids is 1. The number of carbonyl (C=O) groups is 1. The molecule has 0 bridgehead atoms. The van der Waals surface area contributed by atoms with E-state index in [9.17, 15) is 9.90 Å². The van der Waals surface area contributed by atoms with Gasteiger partial charge in [0.15, 0.2) is 5.60 Å². The van der Waals surface area contributed by atoms with Gasteiger partial charge < -0.3 is 25.8 Å². The van der Waals surface area contributed by atoms with Gasteiger partial charge in [-0.1, -0.05) is 0 Å². The Morgan fingerprint density at radius 3 is 2.79 bits per heavy atom. The van der Waals surface area contributed by atoms with E-state index in [1.807, 2.05) is 6.07 Å². The molecule has 2 aliphatic rings. The van der Waals surface area contributed by atoms with Gasteiger partial charge in [-0.3, -0.25) is 4.79 Å². The molecule has 4 N–H and O–H groups in total. The van der Waals surface area contributed by atoms with Gasteiger partial charge in [-0.15, -0.1) is 0 Å². The summed E-state index contributed by atoms with van der Waals surface area (Å²) >= 11 is 0. The fourth-order valence-electron chi connectivity index (χ4n) is 2.83. The van der Waals surface area contributed by atoms with Crippen molar-refractivity contribution in [2.24, 2.45) is 10.7 Å². The SMILES string of the molecule is CN1C(=O)C2(CC2)Oc2cc(NCCC(C)(C)O)c(N=CN)cc21. The number of hydrogen-bond acceptors (Lipinski definition) is 5. The molecule has 0 saturated heterocycles. The molecule has 7 nitrogen and oxygen atoms in total. The molecule has 0 aromatic heterocycles. The summed E-state index contributed by atoms with van der Waals surface area (Å²) in [4.78, 5) is 18.2. The number of anilines is 2. The van der Waals surface area contributed by atoms with E-state index in [0.717, 1.165) is 18.5 Å². The lowest BCUT2D eigenvalue weighted by molar-refractivity contribution is -0.127. The molecule has 130 valence electrons. The van der Waals surface area contributed by atoms with Crippen LogP contribution >= 0.6 is 0 Å². The standard InChI is InChI=1S/C17H24N4O3/c1-16(2,23)6-7-19-12-9-14-13(8-11(12)20-10-18)21(3)15(22)17(24-14)4-5-17/h8-10,19,23H,4-7H2,1-3H3,(H2,18,20). The number of fused-ring (bicyclic) bond motifs is 1. The van der Waals surface area contributed by atoms with Gasteiger partial charge in [0, 0.05) is 32.5 Å². The van der Waals surface area contributed by atoms with E-state index in [4.69, 9.17) is 10.5 Å². The fraction of sp³-hybridized carbons (Fsp3) is 0.529. The number of aliphatic imine (C=N–C) groups is 1. The quantitative estimate of drug-likeness (QED) is 0.563. The van der Waals surface area contributed by atoms with Crippen molar-refractivity contribution in [3.05, 3.63) is 12.1 Å². The molecule has 1 aromatic rings. The third-order valence-corrected chi connectivity index (χ3v) is 4.41. The molecule has 1 spiro atoms. The summed E-state index contributed by atoms with van der Waals surface area (Å²) in [6, 6.07) is 3.64. The Morgan fingerprint density at radius 2 is 2.21 bits per heavy atom. The highest BCUT2D eigenvalue weighted by molar-refractivity contribution is 6.05. The molecule has 1 aromatic carbocycles. The average Bonchev–Trinajstić information content (AvgIpc) is 3.26. The van der Waals surface area contributed by atoms with Gasteiger partial charge in [0.2, 0.25) is 0 Å². The number of nitrogens with two attached hydrogens (primary N) is 1. The van der Waals surface area contributed by atoms with Crippen LogP contribution in [0.1, 0.15) is 33.1 Å². The molecule has 3 rings (SSSR count). The number of amides is 1. The predicted octanol–water partition coefficient (Wildman–Crippen LogP) is 1.77. The van der Waals surface area contributed by atoms with Crippen molar-refractivity contribution in [2.45, 2.75) is 44.3 Å². The summed E-state index contributed by atoms with van der Waals surface area (Å²) in [5.74, 6) is 0.650. The van der Waals surface area contributed by atoms with Crippen LogP contribution in [0.4, 0.5) is 17.1 Å². The Bertz CT molecular complexity index is 690. The molecule has 0 atom stereocenters. The second-order valence-electron chi connectivity index (χ2n) is 7.06. The fourth-order valence-corrected chi connectivity index (χ4v) is 2.83. The maximum absolute atomic E-state index is 12.4. The zero-order chi connectivity index (χ0) is 17.5. The smallest absolute Gasteiger partial charge is 0.271 e. The molecule has 0 unspecified atom stereocenters. The van der Waals surface area contributed by atoms with Crippen LogP contribution in [-0.2, 0) is 4.79 Å². The third-order valence-electron chi connectivity index (χ3n) is 4.41. The van der Waals surface area contributed by atoms with Crippen LogP contribution in [0.2, 0.25) is 0 Å². The van der Waals surface area contributed by atoms with E-state index in [1.54, 1.807) is 31.9 Å². The Hall–Kier alpha value is -2.28. The molecule has 0 radical (unpaired) electrons. The van der Waals surface area contributed by atoms with Gasteiger partial charge in [0.1, 0.15) is 5.75 Å². The molecular weight excluding hydrogens is 308 g/mol. The summed E-state index contributed by atoms with van der Waals surface area (Å²) in [6.45, 7) is 4.11. The summed E-state index contributed by atoms with van der Waals surface area (Å²) in [6.07, 6.45) is 3.30. The van der Waals surface area contributed by atoms with Gasteiger partial charge in [0.25, 0.3) is 5.91 Å². The van der Waals surface area contributed by atoms with E-state index in [1.165, 1.54) is 6.34 Å². The summed E-state index contributed by atoms with van der Waals surface area (Å²) < 4.78 is 5.97. The predicted molar refractivity (Wildman–Crippen MR) is 94.2 cm³/mol. The molecular formula is C17H24N4O3. The summed E-state index contributed by atoms with van der Waals surface area (Å²) in [5, 5.41) is 13.1. The highest BCUT2D eigenvalue weighted by Gasteiger charge is 2.57. The summed E-state index contributed by atoms with van der Waals surface area (Å²) in [5.41, 5.74) is 6.10. The van der Waals surface area contributed by atoms with Crippen molar-refractivity contribution in [2.75, 3.05) is 23.8 Å². The number of rotatable bonds is 5. The lowest BCUT2D eigenvalue weighted by atomic mass is 10.1. The van der Waals surface area contributed by atoms with E-state index in [-0.39, 0.29) is 5.91 Å². The zero-order valence-electron chi connectivity index (χ0n) is 14.3. The maximum atomic E-state index is 12.4. The first kappa shape index (κ1) is 16.6. The van der Waals surface area contributed by atoms with Crippen molar-refractivity contribution in [1.82, 2.24) is 0 Å². The summed E-state index contributed by atoms with van der Waals surface area (Å²) in [7, 11) is 1.75. The van der Waals surface area contributed by atoms with Crippen LogP contribution in [0, 0.1) is 0 Å². The van der Waals surface area contributed by atoms with Crippen LogP contribution in [0.15, 0.2) is 17.1 Å². The molecule has 1 aliphatic heterocycles. The average molecular weight is 332 g/mol. The van der Waals surface area contributed by atoms with E-state index < -0.39 is 11.2 Å². The number of benzene rings is 1. The third kappa shape index (κ3) is 3.03. The number of ether oxygens (including phenoxy) is 1. The first-order chi connectivity index (χ1) is 11.3. The molecule has 1 amide bonds. The zero-order valence-corrected chi connectivity index (χ0v) is 14.3. The Kier molecular flexibility index (Phi) is 3.91. The molecule has 1 aliphatic carbocycles. The molecule has 1 fully saturated rings. The lowest BCUT2D eigenvalue weighted by Crippen LogP contribution is -2.45. The normalized spacial score (nSPS) is 18.7. The first-order valence-corrected chi connectivity index (χ1v) is 8.11. The minimum absolute atomic E-state index is 0.0135. The minimum Gasteiger partial charge on any atom is -0.475 e. The van der Waals surface area contributed by atoms with Crippen LogP contribution in [-0.4, -0.2) is 42.1 Å². The molecule has 24 heavy (non-hydrogen) atoms. The largest absolute Gasteiger partial charge is 0.475 e. The molecule has 1 heterocycles. The van der Waals surface area contributed by atoms with Gasteiger partial charge in [0.05, 0.1) is 29.0 Å². The Labute approximate surface area is 141 Å².